The highest BCUT2D eigenvalue weighted by atomic mass is 16.1. The third-order valence-electron chi connectivity index (χ3n) is 4.05. The lowest BCUT2D eigenvalue weighted by Gasteiger charge is -2.19. The molecule has 2 aromatic rings. The van der Waals surface area contributed by atoms with Crippen LogP contribution < -0.4 is 0 Å². The molecule has 0 unspecified atom stereocenters. The van der Waals surface area contributed by atoms with Crippen LogP contribution in [0, 0.1) is 5.41 Å². The molecule has 0 bridgehead atoms. The van der Waals surface area contributed by atoms with Gasteiger partial charge in [-0.2, -0.15) is 0 Å². The highest BCUT2D eigenvalue weighted by Crippen LogP contribution is 2.32. The molecular formula is C21H19NO. The molecule has 2 aromatic carbocycles. The molecule has 1 aliphatic rings. The second kappa shape index (κ2) is 6.57. The molecule has 2 nitrogen and oxygen atoms in total. The molecule has 0 aromatic heterocycles. The van der Waals surface area contributed by atoms with Gasteiger partial charge in [-0.05, 0) is 29.2 Å². The van der Waals surface area contributed by atoms with Gasteiger partial charge in [-0.25, -0.2) is 0 Å². The molecule has 2 heteroatoms. The number of hydrogen-bond acceptors (Lipinski definition) is 2. The van der Waals surface area contributed by atoms with Gasteiger partial charge in [0.05, 0.1) is 0 Å². The number of nitrogens with one attached hydrogen (secondary N) is 1. The van der Waals surface area contributed by atoms with E-state index in [-0.39, 0.29) is 5.78 Å². The Morgan fingerprint density at radius 1 is 1.04 bits per heavy atom. The first-order valence-corrected chi connectivity index (χ1v) is 7.77. The predicted octanol–water partition coefficient (Wildman–Crippen LogP) is 5.17. The molecule has 0 saturated heterocycles. The molecule has 0 radical (unpaired) electrons. The van der Waals surface area contributed by atoms with Crippen LogP contribution in [0.4, 0.5) is 0 Å². The molecule has 0 spiro atoms. The van der Waals surface area contributed by atoms with Gasteiger partial charge in [-0.15, -0.1) is 0 Å². The van der Waals surface area contributed by atoms with Crippen LogP contribution in [0.5, 0.6) is 0 Å². The second-order valence-electron chi connectivity index (χ2n) is 5.82. The second-order valence-corrected chi connectivity index (χ2v) is 5.82. The maximum Gasteiger partial charge on any atom is 0.159 e. The first-order chi connectivity index (χ1) is 11.1. The monoisotopic (exact) mass is 301 g/mol. The lowest BCUT2D eigenvalue weighted by Crippen LogP contribution is -2.06. The number of benzene rings is 2. The Hall–Kier alpha value is -2.74. The molecular weight excluding hydrogens is 282 g/mol. The van der Waals surface area contributed by atoms with E-state index in [1.165, 1.54) is 5.57 Å². The van der Waals surface area contributed by atoms with Gasteiger partial charge in [0.25, 0.3) is 0 Å². The fourth-order valence-electron chi connectivity index (χ4n) is 2.82. The van der Waals surface area contributed by atoms with E-state index in [0.29, 0.717) is 12.8 Å². The minimum Gasteiger partial charge on any atom is -0.309 e. The summed E-state index contributed by atoms with van der Waals surface area (Å²) >= 11 is 0. The largest absolute Gasteiger partial charge is 0.309 e. The quantitative estimate of drug-likeness (QED) is 0.781. The Kier molecular flexibility index (Phi) is 4.33. The van der Waals surface area contributed by atoms with Crippen LogP contribution in [0.25, 0.3) is 11.6 Å². The zero-order valence-corrected chi connectivity index (χ0v) is 13.2. The molecule has 0 saturated carbocycles. The summed E-state index contributed by atoms with van der Waals surface area (Å²) in [6.45, 7) is 1.58. The van der Waals surface area contributed by atoms with Crippen molar-refractivity contribution in [2.75, 3.05) is 0 Å². The van der Waals surface area contributed by atoms with Crippen LogP contribution in [0.1, 0.15) is 41.3 Å². The molecule has 0 aliphatic heterocycles. The first-order valence-electron chi connectivity index (χ1n) is 7.77. The van der Waals surface area contributed by atoms with Gasteiger partial charge in [0.1, 0.15) is 0 Å². The van der Waals surface area contributed by atoms with Crippen molar-refractivity contribution in [2.45, 2.75) is 19.8 Å². The van der Waals surface area contributed by atoms with E-state index >= 15 is 0 Å². The minimum absolute atomic E-state index is 0.0796. The number of carbonyl (C=O) groups excluding carboxylic acids is 1. The van der Waals surface area contributed by atoms with Crippen molar-refractivity contribution < 1.29 is 4.79 Å². The summed E-state index contributed by atoms with van der Waals surface area (Å²) in [5, 5.41) is 8.00. The van der Waals surface area contributed by atoms with Gasteiger partial charge in [0.15, 0.2) is 5.78 Å². The average molecular weight is 301 g/mol. The Morgan fingerprint density at radius 2 is 1.74 bits per heavy atom. The van der Waals surface area contributed by atoms with E-state index in [9.17, 15) is 4.79 Å². The maximum atomic E-state index is 11.4. The highest BCUT2D eigenvalue weighted by Gasteiger charge is 2.15. The van der Waals surface area contributed by atoms with E-state index in [0.717, 1.165) is 28.0 Å². The zero-order chi connectivity index (χ0) is 16.2. The van der Waals surface area contributed by atoms with Crippen molar-refractivity contribution in [1.29, 1.82) is 5.41 Å². The SMILES string of the molecule is CC(=O)c1ccc(C2=CCC(=N)CC2=Cc2ccccc2)cc1. The van der Waals surface area contributed by atoms with Crippen molar-refractivity contribution in [3.63, 3.8) is 0 Å². The molecule has 114 valence electrons. The van der Waals surface area contributed by atoms with E-state index in [1.807, 2.05) is 42.5 Å². The minimum atomic E-state index is 0.0796. The molecule has 0 atom stereocenters. The van der Waals surface area contributed by atoms with Crippen molar-refractivity contribution in [3.8, 4) is 0 Å². The van der Waals surface area contributed by atoms with E-state index in [2.05, 4.69) is 24.3 Å². The molecule has 1 N–H and O–H groups in total. The van der Waals surface area contributed by atoms with Gasteiger partial charge >= 0.3 is 0 Å². The predicted molar refractivity (Wildman–Crippen MR) is 95.8 cm³/mol. The molecule has 0 heterocycles. The van der Waals surface area contributed by atoms with Crippen LogP contribution in [0.2, 0.25) is 0 Å². The summed E-state index contributed by atoms with van der Waals surface area (Å²) in [5.74, 6) is 0.0796. The van der Waals surface area contributed by atoms with Crippen LogP contribution >= 0.6 is 0 Å². The van der Waals surface area contributed by atoms with Crippen molar-refractivity contribution >= 4 is 23.1 Å². The van der Waals surface area contributed by atoms with E-state index in [4.69, 9.17) is 5.41 Å². The topological polar surface area (TPSA) is 40.9 Å². The fourth-order valence-corrected chi connectivity index (χ4v) is 2.82. The Bertz CT molecular complexity index is 795. The summed E-state index contributed by atoms with van der Waals surface area (Å²) in [4.78, 5) is 11.4. The highest BCUT2D eigenvalue weighted by molar-refractivity contribution is 6.00. The number of hydrogen-bond donors (Lipinski definition) is 1. The van der Waals surface area contributed by atoms with Gasteiger partial charge in [0.2, 0.25) is 0 Å². The van der Waals surface area contributed by atoms with Crippen molar-refractivity contribution in [2.24, 2.45) is 0 Å². The Balaban J connectivity index is 1.99. The van der Waals surface area contributed by atoms with E-state index in [1.54, 1.807) is 6.92 Å². The Labute approximate surface area is 136 Å². The first kappa shape index (κ1) is 15.2. The normalized spacial score (nSPS) is 16.3. The number of ketones is 1. The van der Waals surface area contributed by atoms with Crippen LogP contribution in [-0.4, -0.2) is 11.5 Å². The van der Waals surface area contributed by atoms with Crippen molar-refractivity contribution in [3.05, 3.63) is 82.9 Å². The standard InChI is InChI=1S/C21H19NO/c1-15(23)17-7-9-18(10-8-17)21-12-11-20(22)14-19(21)13-16-5-3-2-4-6-16/h2-10,12-13,22H,11,14H2,1H3. The maximum absolute atomic E-state index is 11.4. The summed E-state index contributed by atoms with van der Waals surface area (Å²) < 4.78 is 0. The van der Waals surface area contributed by atoms with Gasteiger partial charge in [0, 0.05) is 24.1 Å². The van der Waals surface area contributed by atoms with Gasteiger partial charge in [-0.3, -0.25) is 4.79 Å². The van der Waals surface area contributed by atoms with Crippen LogP contribution in [0.3, 0.4) is 0 Å². The summed E-state index contributed by atoms with van der Waals surface area (Å²) in [6, 6.07) is 17.9. The molecule has 0 fully saturated rings. The van der Waals surface area contributed by atoms with Crippen LogP contribution in [0.15, 0.2) is 66.2 Å². The summed E-state index contributed by atoms with van der Waals surface area (Å²) in [6.07, 6.45) is 5.63. The fraction of sp³-hybridized carbons (Fsp3) is 0.143. The average Bonchev–Trinajstić information content (AvgIpc) is 2.56. The van der Waals surface area contributed by atoms with Gasteiger partial charge < -0.3 is 5.41 Å². The summed E-state index contributed by atoms with van der Waals surface area (Å²) in [7, 11) is 0. The van der Waals surface area contributed by atoms with Crippen molar-refractivity contribution in [1.82, 2.24) is 0 Å². The zero-order valence-electron chi connectivity index (χ0n) is 13.2. The molecule has 1 aliphatic carbocycles. The smallest absolute Gasteiger partial charge is 0.159 e. The number of carbonyl (C=O) groups is 1. The number of Topliss-reactive ketones (excluding diaryl/α,β-unsaturated/α-hetero) is 1. The molecule has 0 amide bonds. The third-order valence-corrected chi connectivity index (χ3v) is 4.05. The van der Waals surface area contributed by atoms with Crippen LogP contribution in [-0.2, 0) is 0 Å². The Morgan fingerprint density at radius 3 is 2.39 bits per heavy atom. The molecule has 3 rings (SSSR count). The summed E-state index contributed by atoms with van der Waals surface area (Å²) in [5.41, 5.74) is 6.03. The van der Waals surface area contributed by atoms with Gasteiger partial charge in [-0.1, -0.05) is 66.7 Å². The van der Waals surface area contributed by atoms with E-state index < -0.39 is 0 Å². The number of allylic oxidation sites excluding steroid dienone is 3. The third kappa shape index (κ3) is 3.54. The lowest BCUT2D eigenvalue weighted by molar-refractivity contribution is 0.101. The number of rotatable bonds is 3. The molecule has 23 heavy (non-hydrogen) atoms. The lowest BCUT2D eigenvalue weighted by atomic mass is 9.86.